The van der Waals surface area contributed by atoms with Crippen LogP contribution in [0.3, 0.4) is 0 Å². The van der Waals surface area contributed by atoms with Crippen molar-refractivity contribution in [3.8, 4) is 0 Å². The molecule has 0 unspecified atom stereocenters. The van der Waals surface area contributed by atoms with Crippen LogP contribution in [-0.4, -0.2) is 18.2 Å². The second-order valence-corrected chi connectivity index (χ2v) is 1.95. The summed E-state index contributed by atoms with van der Waals surface area (Å²) in [5.41, 5.74) is 0. The van der Waals surface area contributed by atoms with Gasteiger partial charge in [0.05, 0.1) is 0 Å². The zero-order valence-electron chi connectivity index (χ0n) is 8.02. The number of carbonyl (C=O) groups excluding carboxylic acids is 2. The molecule has 0 bridgehead atoms. The van der Waals surface area contributed by atoms with Crippen LogP contribution in [0.4, 0.5) is 0 Å². The first-order valence-corrected chi connectivity index (χ1v) is 4.06. The van der Waals surface area contributed by atoms with Crippen molar-refractivity contribution in [2.75, 3.05) is 6.54 Å². The third-order valence-electron chi connectivity index (χ3n) is 0.962. The van der Waals surface area contributed by atoms with Crippen LogP contribution < -0.4 is 5.32 Å². The molecule has 0 heterocycles. The quantitative estimate of drug-likeness (QED) is 0.648. The molecule has 0 radical (unpaired) electrons. The van der Waals surface area contributed by atoms with Crippen molar-refractivity contribution in [2.24, 2.45) is 0 Å². The molecule has 0 saturated carbocycles. The van der Waals surface area contributed by atoms with E-state index in [-0.39, 0.29) is 11.7 Å². The first-order valence-electron chi connectivity index (χ1n) is 4.06. The zero-order chi connectivity index (χ0) is 9.98. The van der Waals surface area contributed by atoms with Crippen LogP contribution in [0.25, 0.3) is 0 Å². The first kappa shape index (κ1) is 13.5. The highest BCUT2D eigenvalue weighted by atomic mass is 16.1. The van der Waals surface area contributed by atoms with Crippen LogP contribution in [0, 0.1) is 0 Å². The Morgan fingerprint density at radius 3 is 2.25 bits per heavy atom. The average molecular weight is 171 g/mol. The summed E-state index contributed by atoms with van der Waals surface area (Å²) in [6, 6.07) is 0. The van der Waals surface area contributed by atoms with Crippen LogP contribution in [0.15, 0.2) is 12.7 Å². The van der Waals surface area contributed by atoms with Gasteiger partial charge in [0.15, 0.2) is 0 Å². The Morgan fingerprint density at radius 2 is 1.92 bits per heavy atom. The summed E-state index contributed by atoms with van der Waals surface area (Å²) in [7, 11) is 0. The second kappa shape index (κ2) is 9.88. The van der Waals surface area contributed by atoms with E-state index in [9.17, 15) is 9.59 Å². The van der Waals surface area contributed by atoms with E-state index in [1.165, 1.54) is 13.0 Å². The van der Waals surface area contributed by atoms with Gasteiger partial charge in [-0.2, -0.15) is 0 Å². The number of hydrogen-bond acceptors (Lipinski definition) is 2. The molecule has 0 spiro atoms. The van der Waals surface area contributed by atoms with E-state index in [4.69, 9.17) is 0 Å². The standard InChI is InChI=1S/C7H11NO2.C2H6/c1-3-7(10)8-5-4-6(2)9;1-2/h3H,1,4-5H2,2H3,(H,8,10);1-2H3. The Hall–Kier alpha value is -1.12. The van der Waals surface area contributed by atoms with Gasteiger partial charge in [-0.05, 0) is 13.0 Å². The van der Waals surface area contributed by atoms with Crippen molar-refractivity contribution < 1.29 is 9.59 Å². The summed E-state index contributed by atoms with van der Waals surface area (Å²) in [6.45, 7) is 9.15. The van der Waals surface area contributed by atoms with Gasteiger partial charge in [-0.1, -0.05) is 20.4 Å². The molecule has 3 heteroatoms. The molecule has 0 aromatic carbocycles. The van der Waals surface area contributed by atoms with Crippen LogP contribution in [0.1, 0.15) is 27.2 Å². The van der Waals surface area contributed by atoms with E-state index in [0.29, 0.717) is 13.0 Å². The zero-order valence-corrected chi connectivity index (χ0v) is 8.02. The normalized spacial score (nSPS) is 7.58. The molecule has 0 aromatic heterocycles. The summed E-state index contributed by atoms with van der Waals surface area (Å²) in [4.78, 5) is 20.8. The molecular weight excluding hydrogens is 154 g/mol. The third kappa shape index (κ3) is 11.6. The van der Waals surface area contributed by atoms with E-state index >= 15 is 0 Å². The lowest BCUT2D eigenvalue weighted by Gasteiger charge is -1.96. The average Bonchev–Trinajstić information content (AvgIpc) is 2.07. The number of nitrogens with one attached hydrogen (secondary N) is 1. The number of ketones is 1. The summed E-state index contributed by atoms with van der Waals surface area (Å²) < 4.78 is 0. The summed E-state index contributed by atoms with van der Waals surface area (Å²) >= 11 is 0. The Kier molecular flexibility index (Phi) is 11.1. The monoisotopic (exact) mass is 171 g/mol. The smallest absolute Gasteiger partial charge is 0.243 e. The van der Waals surface area contributed by atoms with Crippen molar-refractivity contribution in [1.29, 1.82) is 0 Å². The summed E-state index contributed by atoms with van der Waals surface area (Å²) in [6.07, 6.45) is 1.57. The minimum atomic E-state index is -0.235. The van der Waals surface area contributed by atoms with Gasteiger partial charge in [0.1, 0.15) is 5.78 Å². The van der Waals surface area contributed by atoms with Crippen molar-refractivity contribution in [3.05, 3.63) is 12.7 Å². The van der Waals surface area contributed by atoms with Crippen LogP contribution in [0.5, 0.6) is 0 Å². The van der Waals surface area contributed by atoms with E-state index < -0.39 is 0 Å². The Balaban J connectivity index is 0. The number of rotatable bonds is 4. The Labute approximate surface area is 73.8 Å². The van der Waals surface area contributed by atoms with E-state index in [1.54, 1.807) is 0 Å². The molecule has 0 aromatic rings. The highest BCUT2D eigenvalue weighted by molar-refractivity contribution is 5.87. The van der Waals surface area contributed by atoms with Gasteiger partial charge in [-0.25, -0.2) is 0 Å². The number of Topliss-reactive ketones (excluding diaryl/α,β-unsaturated/α-hetero) is 1. The Morgan fingerprint density at radius 1 is 1.42 bits per heavy atom. The van der Waals surface area contributed by atoms with Gasteiger partial charge in [0.2, 0.25) is 5.91 Å². The third-order valence-corrected chi connectivity index (χ3v) is 0.962. The molecule has 70 valence electrons. The molecule has 0 aliphatic heterocycles. The molecule has 1 amide bonds. The number of hydrogen-bond donors (Lipinski definition) is 1. The molecule has 3 nitrogen and oxygen atoms in total. The number of carbonyl (C=O) groups is 2. The van der Waals surface area contributed by atoms with Crippen molar-refractivity contribution >= 4 is 11.7 Å². The molecule has 0 aliphatic carbocycles. The minimum Gasteiger partial charge on any atom is -0.352 e. The van der Waals surface area contributed by atoms with E-state index in [2.05, 4.69) is 11.9 Å². The van der Waals surface area contributed by atoms with E-state index in [1.807, 2.05) is 13.8 Å². The van der Waals surface area contributed by atoms with Gasteiger partial charge >= 0.3 is 0 Å². The van der Waals surface area contributed by atoms with Gasteiger partial charge in [0, 0.05) is 13.0 Å². The molecular formula is C9H17NO2. The van der Waals surface area contributed by atoms with Crippen molar-refractivity contribution in [3.63, 3.8) is 0 Å². The molecule has 0 aliphatic rings. The van der Waals surface area contributed by atoms with Gasteiger partial charge in [-0.3, -0.25) is 9.59 Å². The molecule has 0 rings (SSSR count). The van der Waals surface area contributed by atoms with Crippen LogP contribution in [-0.2, 0) is 9.59 Å². The Bertz CT molecular complexity index is 153. The highest BCUT2D eigenvalue weighted by Gasteiger charge is 1.94. The van der Waals surface area contributed by atoms with Crippen molar-refractivity contribution in [2.45, 2.75) is 27.2 Å². The fourth-order valence-corrected chi connectivity index (χ4v) is 0.434. The van der Waals surface area contributed by atoms with Crippen LogP contribution >= 0.6 is 0 Å². The summed E-state index contributed by atoms with van der Waals surface area (Å²) in [5.74, 6) is -0.161. The molecule has 0 saturated heterocycles. The SMILES string of the molecule is C=CC(=O)NCCC(C)=O.CC. The maximum Gasteiger partial charge on any atom is 0.243 e. The highest BCUT2D eigenvalue weighted by Crippen LogP contribution is 1.77. The maximum absolute atomic E-state index is 10.5. The number of amides is 1. The maximum atomic E-state index is 10.5. The fourth-order valence-electron chi connectivity index (χ4n) is 0.434. The van der Waals surface area contributed by atoms with Gasteiger partial charge in [0.25, 0.3) is 0 Å². The molecule has 0 atom stereocenters. The molecule has 0 fully saturated rings. The van der Waals surface area contributed by atoms with E-state index in [0.717, 1.165) is 0 Å². The lowest BCUT2D eigenvalue weighted by molar-refractivity contribution is -0.117. The lowest BCUT2D eigenvalue weighted by atomic mass is 10.3. The van der Waals surface area contributed by atoms with Crippen molar-refractivity contribution in [1.82, 2.24) is 5.32 Å². The topological polar surface area (TPSA) is 46.2 Å². The second-order valence-electron chi connectivity index (χ2n) is 1.95. The molecule has 12 heavy (non-hydrogen) atoms. The van der Waals surface area contributed by atoms with Crippen LogP contribution in [0.2, 0.25) is 0 Å². The largest absolute Gasteiger partial charge is 0.352 e. The minimum absolute atomic E-state index is 0.0735. The van der Waals surface area contributed by atoms with Gasteiger partial charge in [-0.15, -0.1) is 0 Å². The van der Waals surface area contributed by atoms with Gasteiger partial charge < -0.3 is 5.32 Å². The lowest BCUT2D eigenvalue weighted by Crippen LogP contribution is -2.23. The predicted molar refractivity (Wildman–Crippen MR) is 49.9 cm³/mol. The fraction of sp³-hybridized carbons (Fsp3) is 0.556. The summed E-state index contributed by atoms with van der Waals surface area (Å²) in [5, 5.41) is 2.49. The first-order chi connectivity index (χ1) is 5.66. The molecule has 1 N–H and O–H groups in total. The predicted octanol–water partition coefficient (Wildman–Crippen LogP) is 1.29.